The second-order valence-electron chi connectivity index (χ2n) is 5.12. The van der Waals surface area contributed by atoms with Crippen molar-refractivity contribution in [2.24, 2.45) is 5.92 Å². The highest BCUT2D eigenvalue weighted by atomic mass is 79.9. The zero-order chi connectivity index (χ0) is 12.8. The third-order valence-corrected chi connectivity index (χ3v) is 4.73. The molecule has 3 N–H and O–H groups in total. The lowest BCUT2D eigenvalue weighted by atomic mass is 9.85. The van der Waals surface area contributed by atoms with Crippen molar-refractivity contribution in [1.82, 2.24) is 10.4 Å². The molecule has 2 rings (SSSR count). The van der Waals surface area contributed by atoms with Gasteiger partial charge in [-0.25, -0.2) is 5.43 Å². The molecule has 2 fully saturated rings. The first-order valence-electron chi connectivity index (χ1n) is 6.79. The Balaban J connectivity index is 1.85. The van der Waals surface area contributed by atoms with Gasteiger partial charge in [0, 0.05) is 11.4 Å². The van der Waals surface area contributed by atoms with Gasteiger partial charge in [0.1, 0.15) is 19.9 Å². The van der Waals surface area contributed by atoms with Gasteiger partial charge in [0.25, 0.3) is 0 Å². The van der Waals surface area contributed by atoms with Crippen molar-refractivity contribution in [2.45, 2.75) is 36.6 Å². The Morgan fingerprint density at radius 2 is 2.22 bits per heavy atom. The van der Waals surface area contributed by atoms with Crippen LogP contribution < -0.4 is 10.7 Å². The van der Waals surface area contributed by atoms with E-state index in [1.54, 1.807) is 0 Å². The number of nitrogens with one attached hydrogen (secondary N) is 1. The molecule has 18 heavy (non-hydrogen) atoms. The summed E-state index contributed by atoms with van der Waals surface area (Å²) in [6.07, 6.45) is 10.6. The minimum Gasteiger partial charge on any atom is -0.364 e. The second kappa shape index (κ2) is 7.46. The number of hydrogen-bond donors (Lipinski definition) is 2. The van der Waals surface area contributed by atoms with Gasteiger partial charge in [0.15, 0.2) is 0 Å². The maximum Gasteiger partial charge on any atom is 0.145 e. The predicted molar refractivity (Wildman–Crippen MR) is 74.7 cm³/mol. The average molecular weight is 317 g/mol. The molecule has 1 aliphatic heterocycles. The van der Waals surface area contributed by atoms with Crippen molar-refractivity contribution < 1.29 is 10.1 Å². The Bertz CT molecular complexity index is 280. The summed E-state index contributed by atoms with van der Waals surface area (Å²) >= 11 is 3.70. The lowest BCUT2D eigenvalue weighted by Crippen LogP contribution is -2.82. The van der Waals surface area contributed by atoms with Crippen molar-refractivity contribution in [3.05, 3.63) is 0 Å². The van der Waals surface area contributed by atoms with E-state index in [1.165, 1.54) is 25.7 Å². The van der Waals surface area contributed by atoms with Crippen LogP contribution in [0.25, 0.3) is 0 Å². The number of rotatable bonds is 5. The molecule has 1 saturated carbocycles. The lowest BCUT2D eigenvalue weighted by Gasteiger charge is -2.33. The first-order valence-corrected chi connectivity index (χ1v) is 7.70. The van der Waals surface area contributed by atoms with Crippen LogP contribution in [0, 0.1) is 18.3 Å². The van der Waals surface area contributed by atoms with Gasteiger partial charge in [0.2, 0.25) is 0 Å². The lowest BCUT2D eigenvalue weighted by molar-refractivity contribution is -0.644. The molecule has 0 bridgehead atoms. The van der Waals surface area contributed by atoms with Gasteiger partial charge >= 0.3 is 0 Å². The molecular weight excluding hydrogens is 294 g/mol. The fraction of sp³-hybridized carbons (Fsp3) is 0.846. The summed E-state index contributed by atoms with van der Waals surface area (Å²) < 4.78 is 5.88. The van der Waals surface area contributed by atoms with Crippen LogP contribution >= 0.6 is 15.9 Å². The first-order chi connectivity index (χ1) is 8.79. The van der Waals surface area contributed by atoms with E-state index in [0.717, 1.165) is 19.9 Å². The fourth-order valence-electron chi connectivity index (χ4n) is 2.78. The van der Waals surface area contributed by atoms with E-state index in [4.69, 9.17) is 11.2 Å². The number of quaternary nitrogens is 1. The van der Waals surface area contributed by atoms with Gasteiger partial charge in [-0.2, -0.15) is 5.01 Å². The summed E-state index contributed by atoms with van der Waals surface area (Å²) in [6.45, 7) is 3.34. The molecule has 1 unspecified atom stereocenters. The molecule has 1 heterocycles. The molecule has 0 aromatic carbocycles. The quantitative estimate of drug-likeness (QED) is 0.564. The molecule has 5 heteroatoms. The van der Waals surface area contributed by atoms with Crippen LogP contribution in [0.4, 0.5) is 0 Å². The molecule has 2 aliphatic rings. The van der Waals surface area contributed by atoms with Crippen LogP contribution in [0.1, 0.15) is 25.7 Å². The average Bonchev–Trinajstić information content (AvgIpc) is 2.88. The summed E-state index contributed by atoms with van der Waals surface area (Å²) in [7, 11) is 0. The molecule has 4 nitrogen and oxygen atoms in total. The smallest absolute Gasteiger partial charge is 0.145 e. The number of alkyl halides is 1. The Labute approximate surface area is 118 Å². The largest absolute Gasteiger partial charge is 0.364 e. The maximum atomic E-state index is 5.88. The highest BCUT2D eigenvalue weighted by molar-refractivity contribution is 9.09. The normalized spacial score (nSPS) is 31.1. The number of halogens is 1. The van der Waals surface area contributed by atoms with Gasteiger partial charge in [0.05, 0.1) is 6.10 Å². The number of hydrazine groups is 1. The molecular formula is C13H23BrN3O+. The van der Waals surface area contributed by atoms with Crippen molar-refractivity contribution in [2.75, 3.05) is 26.5 Å². The van der Waals surface area contributed by atoms with Gasteiger partial charge in [-0.05, 0) is 31.6 Å². The minimum absolute atomic E-state index is 0.264. The van der Waals surface area contributed by atoms with Crippen LogP contribution in [0.3, 0.4) is 0 Å². The van der Waals surface area contributed by atoms with Crippen molar-refractivity contribution in [3.8, 4) is 12.3 Å². The van der Waals surface area contributed by atoms with Crippen LogP contribution in [-0.4, -0.2) is 42.4 Å². The summed E-state index contributed by atoms with van der Waals surface area (Å²) in [6, 6.07) is 0. The van der Waals surface area contributed by atoms with Gasteiger partial charge in [-0.15, -0.1) is 6.42 Å². The standard InChI is InChI=1S/C13H22BrN3O/c1-2-7-18-13(8-17-10-15-9-16-17)11-3-5-12(14)6-4-11/h1,11-13,15-16H,3-10H2/p+1. The highest BCUT2D eigenvalue weighted by Crippen LogP contribution is 2.32. The number of nitrogens with two attached hydrogens (primary N) is 1. The summed E-state index contributed by atoms with van der Waals surface area (Å²) in [5.74, 6) is 3.24. The van der Waals surface area contributed by atoms with Crippen molar-refractivity contribution in [3.63, 3.8) is 0 Å². The monoisotopic (exact) mass is 316 g/mol. The molecule has 1 atom stereocenters. The Hall–Kier alpha value is -0.120. The number of ether oxygens (including phenoxy) is 1. The van der Waals surface area contributed by atoms with Crippen LogP contribution in [-0.2, 0) is 4.74 Å². The van der Waals surface area contributed by atoms with E-state index >= 15 is 0 Å². The van der Waals surface area contributed by atoms with Crippen molar-refractivity contribution in [1.29, 1.82) is 0 Å². The van der Waals surface area contributed by atoms with E-state index in [0.29, 0.717) is 17.4 Å². The van der Waals surface area contributed by atoms with Crippen LogP contribution in [0.15, 0.2) is 0 Å². The maximum absolute atomic E-state index is 5.88. The molecule has 1 saturated heterocycles. The van der Waals surface area contributed by atoms with Crippen LogP contribution in [0.5, 0.6) is 0 Å². The summed E-state index contributed by atoms with van der Waals surface area (Å²) in [5.41, 5.74) is 3.35. The zero-order valence-corrected chi connectivity index (χ0v) is 12.4. The summed E-state index contributed by atoms with van der Waals surface area (Å²) in [4.78, 5) is 0.695. The zero-order valence-electron chi connectivity index (χ0n) is 10.8. The topological polar surface area (TPSA) is 41.1 Å². The van der Waals surface area contributed by atoms with E-state index < -0.39 is 0 Å². The molecule has 0 spiro atoms. The fourth-order valence-corrected chi connectivity index (χ4v) is 3.31. The van der Waals surface area contributed by atoms with Crippen molar-refractivity contribution >= 4 is 15.9 Å². The van der Waals surface area contributed by atoms with E-state index in [-0.39, 0.29) is 6.10 Å². The number of nitrogens with zero attached hydrogens (tertiary/aromatic N) is 1. The second-order valence-corrected chi connectivity index (χ2v) is 6.42. The number of terminal acetylenes is 1. The van der Waals surface area contributed by atoms with E-state index in [2.05, 4.69) is 37.6 Å². The Kier molecular flexibility index (Phi) is 5.93. The van der Waals surface area contributed by atoms with E-state index in [9.17, 15) is 0 Å². The molecule has 1 aliphatic carbocycles. The number of hydrogen-bond acceptors (Lipinski definition) is 3. The predicted octanol–water partition coefficient (Wildman–Crippen LogP) is 0.257. The molecule has 0 amide bonds. The summed E-state index contributed by atoms with van der Waals surface area (Å²) in [5, 5.41) is 4.48. The molecule has 0 aromatic rings. The third-order valence-electron chi connectivity index (χ3n) is 3.82. The van der Waals surface area contributed by atoms with Gasteiger partial charge < -0.3 is 10.1 Å². The van der Waals surface area contributed by atoms with Gasteiger partial charge in [-0.1, -0.05) is 21.9 Å². The first kappa shape index (κ1) is 14.3. The third kappa shape index (κ3) is 4.22. The minimum atomic E-state index is 0.264. The SMILES string of the molecule is C#CCOC(CN1C[NH2+]CN1)C1CCC(Br)CC1. The molecule has 0 radical (unpaired) electrons. The van der Waals surface area contributed by atoms with E-state index in [1.807, 2.05) is 0 Å². The molecule has 102 valence electrons. The molecule has 0 aromatic heterocycles. The van der Waals surface area contributed by atoms with Gasteiger partial charge in [-0.3, -0.25) is 0 Å². The van der Waals surface area contributed by atoms with Crippen LogP contribution in [0.2, 0.25) is 0 Å². The Morgan fingerprint density at radius 3 is 2.83 bits per heavy atom. The Morgan fingerprint density at radius 1 is 1.44 bits per heavy atom. The highest BCUT2D eigenvalue weighted by Gasteiger charge is 2.30.